The lowest BCUT2D eigenvalue weighted by Crippen LogP contribution is -2.56. The van der Waals surface area contributed by atoms with Crippen molar-refractivity contribution in [2.75, 3.05) is 0 Å². The SMILES string of the molecule is CC(C)[C@H](NC(=O)OCc1ccccc1)C(=O)N[C@@H](Cc1ccccc1)[C@@H](O)[C@@H](CC(=O)[C@H](NC(=O)OCc1ccccc1)C(C)C)Cc1ccccc1. The molecular weight excluding hydrogens is 682 g/mol. The minimum absolute atomic E-state index is 0.0423. The second-order valence-corrected chi connectivity index (χ2v) is 14.3. The largest absolute Gasteiger partial charge is 0.445 e. The molecule has 0 bridgehead atoms. The highest BCUT2D eigenvalue weighted by molar-refractivity contribution is 5.88. The molecule has 4 aromatic rings. The molecule has 54 heavy (non-hydrogen) atoms. The van der Waals surface area contributed by atoms with Crippen molar-refractivity contribution >= 4 is 23.9 Å². The number of alkyl carbamates (subject to hydrolysis) is 2. The van der Waals surface area contributed by atoms with Crippen molar-refractivity contribution in [3.05, 3.63) is 144 Å². The smallest absolute Gasteiger partial charge is 0.408 e. The Morgan fingerprint density at radius 1 is 0.537 bits per heavy atom. The first-order chi connectivity index (χ1) is 26.0. The molecular formula is C44H53N3O7. The first-order valence-electron chi connectivity index (χ1n) is 18.5. The molecule has 0 saturated heterocycles. The Hall–Kier alpha value is -5.48. The summed E-state index contributed by atoms with van der Waals surface area (Å²) in [4.78, 5) is 53.7. The van der Waals surface area contributed by atoms with Gasteiger partial charge in [-0.05, 0) is 52.8 Å². The van der Waals surface area contributed by atoms with Crippen LogP contribution in [0, 0.1) is 17.8 Å². The van der Waals surface area contributed by atoms with Gasteiger partial charge in [0.1, 0.15) is 19.3 Å². The molecule has 10 nitrogen and oxygen atoms in total. The van der Waals surface area contributed by atoms with E-state index < -0.39 is 48.2 Å². The Labute approximate surface area is 318 Å². The lowest BCUT2D eigenvalue weighted by Gasteiger charge is -2.33. The highest BCUT2D eigenvalue weighted by atomic mass is 16.6. The third-order valence-corrected chi connectivity index (χ3v) is 9.26. The Kier molecular flexibility index (Phi) is 16.3. The van der Waals surface area contributed by atoms with E-state index >= 15 is 0 Å². The number of hydrogen-bond acceptors (Lipinski definition) is 7. The van der Waals surface area contributed by atoms with Crippen molar-refractivity contribution in [1.29, 1.82) is 0 Å². The zero-order chi connectivity index (χ0) is 38.9. The van der Waals surface area contributed by atoms with Crippen LogP contribution in [0.15, 0.2) is 121 Å². The van der Waals surface area contributed by atoms with E-state index in [0.29, 0.717) is 6.42 Å². The number of amides is 3. The number of aliphatic hydroxyl groups is 1. The summed E-state index contributed by atoms with van der Waals surface area (Å²) in [6.07, 6.45) is -2.15. The summed E-state index contributed by atoms with van der Waals surface area (Å²) in [6.45, 7) is 7.39. The number of carbonyl (C=O) groups excluding carboxylic acids is 4. The summed E-state index contributed by atoms with van der Waals surface area (Å²) in [5.41, 5.74) is 3.39. The van der Waals surface area contributed by atoms with Gasteiger partial charge >= 0.3 is 12.2 Å². The van der Waals surface area contributed by atoms with Crippen molar-refractivity contribution in [2.24, 2.45) is 17.8 Å². The van der Waals surface area contributed by atoms with Gasteiger partial charge < -0.3 is 30.5 Å². The first kappa shape index (κ1) is 41.3. The normalized spacial score (nSPS) is 13.9. The fourth-order valence-electron chi connectivity index (χ4n) is 6.28. The summed E-state index contributed by atoms with van der Waals surface area (Å²) >= 11 is 0. The van der Waals surface area contributed by atoms with Crippen LogP contribution in [0.2, 0.25) is 0 Å². The van der Waals surface area contributed by atoms with E-state index in [2.05, 4.69) is 16.0 Å². The van der Waals surface area contributed by atoms with E-state index in [1.165, 1.54) is 0 Å². The van der Waals surface area contributed by atoms with Gasteiger partial charge in [0.25, 0.3) is 0 Å². The van der Waals surface area contributed by atoms with Crippen molar-refractivity contribution in [3.8, 4) is 0 Å². The predicted octanol–water partition coefficient (Wildman–Crippen LogP) is 6.79. The molecule has 0 radical (unpaired) electrons. The second-order valence-electron chi connectivity index (χ2n) is 14.3. The molecule has 3 amide bonds. The molecule has 4 rings (SSSR count). The van der Waals surface area contributed by atoms with Crippen LogP contribution in [0.1, 0.15) is 56.4 Å². The van der Waals surface area contributed by atoms with Gasteiger partial charge in [-0.3, -0.25) is 9.59 Å². The molecule has 0 aliphatic heterocycles. The maximum absolute atomic E-state index is 14.1. The molecule has 0 fully saturated rings. The maximum Gasteiger partial charge on any atom is 0.408 e. The molecule has 4 N–H and O–H groups in total. The fourth-order valence-corrected chi connectivity index (χ4v) is 6.28. The molecule has 0 aliphatic carbocycles. The zero-order valence-electron chi connectivity index (χ0n) is 31.5. The number of ketones is 1. The maximum atomic E-state index is 14.1. The third-order valence-electron chi connectivity index (χ3n) is 9.26. The quantitative estimate of drug-likeness (QED) is 0.0830. The summed E-state index contributed by atoms with van der Waals surface area (Å²) in [5.74, 6) is -2.00. The van der Waals surface area contributed by atoms with Crippen molar-refractivity contribution in [1.82, 2.24) is 16.0 Å². The minimum atomic E-state index is -1.20. The standard InChI is InChI=1S/C44H53N3O7/c1-30(2)39(46-43(51)53-28-34-21-13-7-14-22-34)38(48)27-36(25-32-17-9-5-10-18-32)41(49)37(26-33-19-11-6-12-20-33)45-42(50)40(31(3)4)47-44(52)54-29-35-23-15-8-16-24-35/h5-24,30-31,36-37,39-41,49H,25-29H2,1-4H3,(H,45,50)(H,46,51)(H,47,52)/t36-,37+,39-,40+,41+/m1/s1. The summed E-state index contributed by atoms with van der Waals surface area (Å²) in [6, 6.07) is 34.8. The van der Waals surface area contributed by atoms with Gasteiger partial charge in [-0.25, -0.2) is 9.59 Å². The molecule has 0 unspecified atom stereocenters. The average Bonchev–Trinajstić information content (AvgIpc) is 3.17. The van der Waals surface area contributed by atoms with Crippen LogP contribution in [-0.2, 0) is 45.1 Å². The first-order valence-corrected chi connectivity index (χ1v) is 18.5. The van der Waals surface area contributed by atoms with Gasteiger partial charge in [-0.2, -0.15) is 0 Å². The molecule has 4 aromatic carbocycles. The van der Waals surface area contributed by atoms with E-state index in [9.17, 15) is 24.3 Å². The molecule has 286 valence electrons. The molecule has 0 heterocycles. The number of aliphatic hydroxyl groups excluding tert-OH is 1. The molecule has 5 atom stereocenters. The van der Waals surface area contributed by atoms with Crippen LogP contribution in [0.25, 0.3) is 0 Å². The number of nitrogens with one attached hydrogen (secondary N) is 3. The molecule has 0 aliphatic rings. The lowest BCUT2D eigenvalue weighted by atomic mass is 9.82. The van der Waals surface area contributed by atoms with Crippen LogP contribution < -0.4 is 16.0 Å². The number of ether oxygens (including phenoxy) is 2. The van der Waals surface area contributed by atoms with E-state index in [1.807, 2.05) is 149 Å². The monoisotopic (exact) mass is 735 g/mol. The Morgan fingerprint density at radius 3 is 1.35 bits per heavy atom. The van der Waals surface area contributed by atoms with E-state index in [0.717, 1.165) is 22.3 Å². The summed E-state index contributed by atoms with van der Waals surface area (Å²) < 4.78 is 10.8. The van der Waals surface area contributed by atoms with Gasteiger partial charge in [0.2, 0.25) is 5.91 Å². The van der Waals surface area contributed by atoms with Gasteiger partial charge in [0.15, 0.2) is 5.78 Å². The van der Waals surface area contributed by atoms with E-state index in [4.69, 9.17) is 9.47 Å². The Morgan fingerprint density at radius 2 is 0.926 bits per heavy atom. The number of carbonyl (C=O) groups is 4. The van der Waals surface area contributed by atoms with Crippen molar-refractivity contribution in [3.63, 3.8) is 0 Å². The molecule has 10 heteroatoms. The average molecular weight is 736 g/mol. The fraction of sp³-hybridized carbons (Fsp3) is 0.364. The van der Waals surface area contributed by atoms with Gasteiger partial charge in [0, 0.05) is 6.42 Å². The minimum Gasteiger partial charge on any atom is -0.445 e. The summed E-state index contributed by atoms with van der Waals surface area (Å²) in [7, 11) is 0. The van der Waals surface area contributed by atoms with Crippen molar-refractivity contribution < 1.29 is 33.8 Å². The van der Waals surface area contributed by atoms with Crippen LogP contribution in [0.5, 0.6) is 0 Å². The number of Topliss-reactive ketones (excluding diaryl/α,β-unsaturated/α-hetero) is 1. The number of benzene rings is 4. The van der Waals surface area contributed by atoms with Gasteiger partial charge in [-0.1, -0.05) is 149 Å². The van der Waals surface area contributed by atoms with E-state index in [1.54, 1.807) is 0 Å². The topological polar surface area (TPSA) is 143 Å². The Bertz CT molecular complexity index is 1610. The highest BCUT2D eigenvalue weighted by Crippen LogP contribution is 2.24. The number of hydrogen-bond donors (Lipinski definition) is 4. The Balaban J connectivity index is 1.54. The second kappa shape index (κ2) is 21.3. The summed E-state index contributed by atoms with van der Waals surface area (Å²) in [5, 5.41) is 20.7. The van der Waals surface area contributed by atoms with Gasteiger partial charge in [-0.15, -0.1) is 0 Å². The van der Waals surface area contributed by atoms with Crippen LogP contribution >= 0.6 is 0 Å². The van der Waals surface area contributed by atoms with Crippen molar-refractivity contribution in [2.45, 2.75) is 84.4 Å². The van der Waals surface area contributed by atoms with Crippen LogP contribution in [0.4, 0.5) is 9.59 Å². The molecule has 0 aromatic heterocycles. The predicted molar refractivity (Wildman–Crippen MR) is 208 cm³/mol. The van der Waals surface area contributed by atoms with Crippen LogP contribution in [0.3, 0.4) is 0 Å². The lowest BCUT2D eigenvalue weighted by molar-refractivity contribution is -0.126. The number of rotatable bonds is 19. The third kappa shape index (κ3) is 13.5. The molecule has 0 saturated carbocycles. The van der Waals surface area contributed by atoms with Gasteiger partial charge in [0.05, 0.1) is 18.2 Å². The zero-order valence-corrected chi connectivity index (χ0v) is 31.5. The molecule has 0 spiro atoms. The highest BCUT2D eigenvalue weighted by Gasteiger charge is 2.36. The van der Waals surface area contributed by atoms with E-state index in [-0.39, 0.29) is 43.7 Å². The van der Waals surface area contributed by atoms with Crippen LogP contribution in [-0.4, -0.2) is 53.2 Å².